The second-order valence-electron chi connectivity index (χ2n) is 6.95. The van der Waals surface area contributed by atoms with Gasteiger partial charge in [-0.25, -0.2) is 9.67 Å². The number of thiophene rings is 1. The minimum absolute atomic E-state index is 0.672. The topological polar surface area (TPSA) is 60.6 Å². The first kappa shape index (κ1) is 18.8. The Morgan fingerprint density at radius 3 is 2.80 bits per heavy atom. The Morgan fingerprint density at radius 1 is 1.07 bits per heavy atom. The van der Waals surface area contributed by atoms with Crippen LogP contribution in [-0.2, 0) is 13.1 Å². The van der Waals surface area contributed by atoms with E-state index < -0.39 is 0 Å². The Kier molecular flexibility index (Phi) is 5.17. The highest BCUT2D eigenvalue weighted by atomic mass is 32.1. The second kappa shape index (κ2) is 8.25. The Labute approximate surface area is 182 Å². The second-order valence-corrected chi connectivity index (χ2v) is 8.73. The number of aromatic nitrogens is 5. The van der Waals surface area contributed by atoms with E-state index in [9.17, 15) is 0 Å². The molecule has 150 valence electrons. The van der Waals surface area contributed by atoms with E-state index in [-0.39, 0.29) is 0 Å². The van der Waals surface area contributed by atoms with Gasteiger partial charge in [0.2, 0.25) is 0 Å². The van der Waals surface area contributed by atoms with Crippen molar-refractivity contribution in [1.29, 1.82) is 0 Å². The van der Waals surface area contributed by atoms with Crippen molar-refractivity contribution in [3.63, 3.8) is 0 Å². The van der Waals surface area contributed by atoms with Crippen LogP contribution in [0.15, 0.2) is 71.8 Å². The highest BCUT2D eigenvalue weighted by Crippen LogP contribution is 2.32. The summed E-state index contributed by atoms with van der Waals surface area (Å²) in [5.74, 6) is 0. The number of benzene rings is 1. The predicted molar refractivity (Wildman–Crippen MR) is 122 cm³/mol. The van der Waals surface area contributed by atoms with Crippen LogP contribution in [0.2, 0.25) is 0 Å². The quantitative estimate of drug-likeness (QED) is 0.383. The molecule has 0 aliphatic heterocycles. The zero-order valence-corrected chi connectivity index (χ0v) is 18.0. The molecule has 0 bridgehead atoms. The number of rotatable bonds is 7. The fourth-order valence-electron chi connectivity index (χ4n) is 3.20. The number of para-hydroxylation sites is 1. The first-order valence-electron chi connectivity index (χ1n) is 9.60. The summed E-state index contributed by atoms with van der Waals surface area (Å²) in [6.07, 6.45) is 5.94. The molecule has 0 atom stereocenters. The summed E-state index contributed by atoms with van der Waals surface area (Å²) in [5, 5.41) is 17.7. The molecule has 0 saturated heterocycles. The van der Waals surface area contributed by atoms with Gasteiger partial charge < -0.3 is 5.32 Å². The van der Waals surface area contributed by atoms with Crippen molar-refractivity contribution >= 4 is 27.8 Å². The third-order valence-corrected chi connectivity index (χ3v) is 6.56. The molecule has 6 nitrogen and oxygen atoms in total. The van der Waals surface area contributed by atoms with Crippen LogP contribution in [0.25, 0.3) is 16.3 Å². The van der Waals surface area contributed by atoms with Crippen molar-refractivity contribution in [2.24, 2.45) is 0 Å². The van der Waals surface area contributed by atoms with Crippen LogP contribution in [0.1, 0.15) is 16.8 Å². The molecule has 0 aliphatic carbocycles. The van der Waals surface area contributed by atoms with Gasteiger partial charge in [-0.3, -0.25) is 4.68 Å². The Balaban J connectivity index is 1.26. The highest BCUT2D eigenvalue weighted by molar-refractivity contribution is 7.19. The van der Waals surface area contributed by atoms with Gasteiger partial charge in [-0.1, -0.05) is 29.5 Å². The first-order valence-corrected chi connectivity index (χ1v) is 11.4. The molecule has 1 aromatic carbocycles. The van der Waals surface area contributed by atoms with Crippen molar-refractivity contribution in [2.75, 3.05) is 5.32 Å². The van der Waals surface area contributed by atoms with Crippen LogP contribution >= 0.6 is 22.7 Å². The zero-order valence-electron chi connectivity index (χ0n) is 16.4. The van der Waals surface area contributed by atoms with Crippen molar-refractivity contribution in [3.05, 3.63) is 88.6 Å². The van der Waals surface area contributed by atoms with E-state index in [0.717, 1.165) is 39.2 Å². The van der Waals surface area contributed by atoms with Crippen molar-refractivity contribution in [3.8, 4) is 16.3 Å². The smallest absolute Gasteiger partial charge is 0.183 e. The molecule has 5 aromatic rings. The number of nitrogens with one attached hydrogen (secondary N) is 1. The standard InChI is InChI=1S/C22H20N6S2/c1-16-21(20-7-9-27(26-20)13-17-8-10-29-15-17)30-22(25-16)23-11-18-12-24-28(14-18)19-5-3-2-4-6-19/h2-10,12,14-15H,11,13H2,1H3,(H,23,25). The summed E-state index contributed by atoms with van der Waals surface area (Å²) < 4.78 is 3.86. The van der Waals surface area contributed by atoms with Gasteiger partial charge >= 0.3 is 0 Å². The number of nitrogens with zero attached hydrogens (tertiary/aromatic N) is 5. The van der Waals surface area contributed by atoms with Crippen LogP contribution in [0.5, 0.6) is 0 Å². The van der Waals surface area contributed by atoms with E-state index in [1.165, 1.54) is 5.56 Å². The molecule has 0 unspecified atom stereocenters. The van der Waals surface area contributed by atoms with Crippen molar-refractivity contribution in [1.82, 2.24) is 24.5 Å². The van der Waals surface area contributed by atoms with Crippen LogP contribution < -0.4 is 5.32 Å². The van der Waals surface area contributed by atoms with Gasteiger partial charge in [0.15, 0.2) is 5.13 Å². The maximum Gasteiger partial charge on any atom is 0.183 e. The largest absolute Gasteiger partial charge is 0.357 e. The van der Waals surface area contributed by atoms with Gasteiger partial charge in [-0.2, -0.15) is 21.5 Å². The lowest BCUT2D eigenvalue weighted by Crippen LogP contribution is -1.98. The molecule has 30 heavy (non-hydrogen) atoms. The zero-order chi connectivity index (χ0) is 20.3. The number of anilines is 1. The maximum atomic E-state index is 4.74. The monoisotopic (exact) mass is 432 g/mol. The Hall–Kier alpha value is -3.23. The van der Waals surface area contributed by atoms with E-state index in [1.54, 1.807) is 22.7 Å². The minimum Gasteiger partial charge on any atom is -0.357 e. The lowest BCUT2D eigenvalue weighted by atomic mass is 10.3. The molecule has 4 aromatic heterocycles. The molecule has 0 fully saturated rings. The third kappa shape index (κ3) is 4.05. The van der Waals surface area contributed by atoms with E-state index in [2.05, 4.69) is 38.3 Å². The van der Waals surface area contributed by atoms with E-state index >= 15 is 0 Å². The van der Waals surface area contributed by atoms with Gasteiger partial charge in [-0.15, -0.1) is 0 Å². The predicted octanol–water partition coefficient (Wildman–Crippen LogP) is 5.22. The maximum absolute atomic E-state index is 4.74. The lowest BCUT2D eigenvalue weighted by molar-refractivity contribution is 0.691. The van der Waals surface area contributed by atoms with Crippen molar-refractivity contribution < 1.29 is 0 Å². The number of aryl methyl sites for hydroxylation is 1. The number of thiazole rings is 1. The van der Waals surface area contributed by atoms with Gasteiger partial charge in [0.1, 0.15) is 5.69 Å². The molecule has 5 rings (SSSR count). The fourth-order valence-corrected chi connectivity index (χ4v) is 4.79. The normalized spacial score (nSPS) is 11.1. The molecular formula is C22H20N6S2. The third-order valence-electron chi connectivity index (χ3n) is 4.70. The number of hydrogen-bond donors (Lipinski definition) is 1. The van der Waals surface area contributed by atoms with Gasteiger partial charge in [0.25, 0.3) is 0 Å². The average molecular weight is 433 g/mol. The van der Waals surface area contributed by atoms with Crippen LogP contribution in [0.4, 0.5) is 5.13 Å². The average Bonchev–Trinajstić information content (AvgIpc) is 3.56. The Bertz CT molecular complexity index is 1230. The van der Waals surface area contributed by atoms with Crippen LogP contribution in [0.3, 0.4) is 0 Å². The first-order chi connectivity index (χ1) is 14.7. The van der Waals surface area contributed by atoms with Gasteiger partial charge in [-0.05, 0) is 47.5 Å². The van der Waals surface area contributed by atoms with E-state index in [4.69, 9.17) is 5.10 Å². The highest BCUT2D eigenvalue weighted by Gasteiger charge is 2.13. The molecule has 8 heteroatoms. The molecule has 1 N–H and O–H groups in total. The van der Waals surface area contributed by atoms with Crippen LogP contribution in [-0.4, -0.2) is 24.5 Å². The molecule has 0 saturated carbocycles. The molecule has 0 spiro atoms. The summed E-state index contributed by atoms with van der Waals surface area (Å²) in [6, 6.07) is 14.3. The van der Waals surface area contributed by atoms with E-state index in [0.29, 0.717) is 6.54 Å². The minimum atomic E-state index is 0.672. The summed E-state index contributed by atoms with van der Waals surface area (Å²) in [4.78, 5) is 5.78. The molecule has 0 radical (unpaired) electrons. The summed E-state index contributed by atoms with van der Waals surface area (Å²) in [5.41, 5.74) is 5.38. The number of hydrogen-bond acceptors (Lipinski definition) is 6. The molecule has 4 heterocycles. The van der Waals surface area contributed by atoms with Crippen molar-refractivity contribution in [2.45, 2.75) is 20.0 Å². The summed E-state index contributed by atoms with van der Waals surface area (Å²) in [6.45, 7) is 3.49. The fraction of sp³-hybridized carbons (Fsp3) is 0.136. The molecule has 0 amide bonds. The summed E-state index contributed by atoms with van der Waals surface area (Å²) in [7, 11) is 0. The lowest BCUT2D eigenvalue weighted by Gasteiger charge is -2.00. The van der Waals surface area contributed by atoms with Gasteiger partial charge in [0.05, 0.1) is 29.0 Å². The molecular weight excluding hydrogens is 412 g/mol. The molecule has 0 aliphatic rings. The SMILES string of the molecule is Cc1nc(NCc2cnn(-c3ccccc3)c2)sc1-c1ccn(Cc2ccsc2)n1. The van der Waals surface area contributed by atoms with Gasteiger partial charge in [0, 0.05) is 24.5 Å². The van der Waals surface area contributed by atoms with Crippen LogP contribution in [0, 0.1) is 6.92 Å². The Morgan fingerprint density at radius 2 is 1.97 bits per heavy atom. The summed E-state index contributed by atoms with van der Waals surface area (Å²) >= 11 is 3.34. The van der Waals surface area contributed by atoms with E-state index in [1.807, 2.05) is 65.2 Å².